The maximum atomic E-state index is 5.82. The molecule has 3 heteroatoms. The van der Waals surface area contributed by atoms with Gasteiger partial charge in [0.05, 0.1) is 7.11 Å². The smallest absolute Gasteiger partial charge is 0.127 e. The van der Waals surface area contributed by atoms with Crippen molar-refractivity contribution in [2.75, 3.05) is 25.1 Å². The van der Waals surface area contributed by atoms with Crippen LogP contribution in [0.1, 0.15) is 0 Å². The third-order valence-corrected chi connectivity index (χ3v) is 3.20. The molecule has 0 saturated heterocycles. The predicted molar refractivity (Wildman–Crippen MR) is 92.1 cm³/mol. The van der Waals surface area contributed by atoms with Crippen LogP contribution in [0.4, 0.5) is 5.69 Å². The summed E-state index contributed by atoms with van der Waals surface area (Å²) in [6, 6.07) is 15.5. The molecule has 0 unspecified atom stereocenters. The Morgan fingerprint density at radius 2 is 1.27 bits per heavy atom. The van der Waals surface area contributed by atoms with Crippen molar-refractivity contribution < 1.29 is 9.47 Å². The van der Waals surface area contributed by atoms with Gasteiger partial charge in [-0.15, -0.1) is 13.2 Å². The summed E-state index contributed by atoms with van der Waals surface area (Å²) in [4.78, 5) is 2.18. The van der Waals surface area contributed by atoms with Gasteiger partial charge in [-0.1, -0.05) is 12.2 Å². The lowest BCUT2D eigenvalue weighted by Gasteiger charge is -2.21. The fraction of sp³-hybridized carbons (Fsp3) is 0.158. The van der Waals surface area contributed by atoms with Crippen LogP contribution in [0.3, 0.4) is 0 Å². The molecule has 0 fully saturated rings. The molecule has 0 bridgehead atoms. The van der Waals surface area contributed by atoms with Gasteiger partial charge in [-0.05, 0) is 48.5 Å². The summed E-state index contributed by atoms with van der Waals surface area (Å²) in [5.74, 6) is 2.39. The highest BCUT2D eigenvalue weighted by molar-refractivity contribution is 5.50. The SMILES string of the molecule is C=CCN(CC=C)c1ccc(Oc2ccc(OC)cc2)cc1. The second kappa shape index (κ2) is 7.93. The molecule has 0 saturated carbocycles. The minimum absolute atomic E-state index is 0.780. The minimum atomic E-state index is 0.780. The molecule has 0 N–H and O–H groups in total. The Labute approximate surface area is 132 Å². The van der Waals surface area contributed by atoms with Crippen LogP contribution in [0.25, 0.3) is 0 Å². The Bertz CT molecular complexity index is 592. The average Bonchev–Trinajstić information content (AvgIpc) is 2.56. The molecule has 0 heterocycles. The highest BCUT2D eigenvalue weighted by Crippen LogP contribution is 2.26. The van der Waals surface area contributed by atoms with Crippen LogP contribution < -0.4 is 14.4 Å². The molecule has 0 aliphatic heterocycles. The number of anilines is 1. The van der Waals surface area contributed by atoms with E-state index >= 15 is 0 Å². The Morgan fingerprint density at radius 1 is 0.818 bits per heavy atom. The van der Waals surface area contributed by atoms with Gasteiger partial charge in [0, 0.05) is 18.8 Å². The number of rotatable bonds is 8. The molecule has 0 atom stereocenters. The van der Waals surface area contributed by atoms with E-state index in [1.54, 1.807) is 7.11 Å². The highest BCUT2D eigenvalue weighted by atomic mass is 16.5. The molecule has 0 aliphatic rings. The zero-order valence-corrected chi connectivity index (χ0v) is 12.9. The van der Waals surface area contributed by atoms with Gasteiger partial charge >= 0.3 is 0 Å². The zero-order valence-electron chi connectivity index (χ0n) is 12.9. The molecule has 0 spiro atoms. The molecule has 0 amide bonds. The molecule has 2 rings (SSSR count). The normalized spacial score (nSPS) is 9.86. The van der Waals surface area contributed by atoms with E-state index in [4.69, 9.17) is 9.47 Å². The van der Waals surface area contributed by atoms with Crippen molar-refractivity contribution in [1.29, 1.82) is 0 Å². The summed E-state index contributed by atoms with van der Waals surface area (Å²) < 4.78 is 10.9. The molecule has 2 aromatic rings. The van der Waals surface area contributed by atoms with Crippen LogP contribution in [-0.4, -0.2) is 20.2 Å². The first-order valence-corrected chi connectivity index (χ1v) is 7.15. The second-order valence-corrected chi connectivity index (χ2v) is 4.75. The number of benzene rings is 2. The minimum Gasteiger partial charge on any atom is -0.497 e. The van der Waals surface area contributed by atoms with Crippen molar-refractivity contribution in [3.05, 3.63) is 73.8 Å². The number of methoxy groups -OCH3 is 1. The lowest BCUT2D eigenvalue weighted by atomic mass is 10.2. The number of ether oxygens (including phenoxy) is 2. The molecular formula is C19H21NO2. The van der Waals surface area contributed by atoms with Crippen molar-refractivity contribution in [2.24, 2.45) is 0 Å². The van der Waals surface area contributed by atoms with Crippen LogP contribution in [0, 0.1) is 0 Å². The Morgan fingerprint density at radius 3 is 1.73 bits per heavy atom. The first-order chi connectivity index (χ1) is 10.8. The summed E-state index contributed by atoms with van der Waals surface area (Å²) in [5.41, 5.74) is 1.11. The van der Waals surface area contributed by atoms with E-state index in [2.05, 4.69) is 18.1 Å². The van der Waals surface area contributed by atoms with E-state index in [-0.39, 0.29) is 0 Å². The van der Waals surface area contributed by atoms with E-state index in [0.29, 0.717) is 0 Å². The van der Waals surface area contributed by atoms with Gasteiger partial charge in [0.25, 0.3) is 0 Å². The molecule has 0 aliphatic carbocycles. The average molecular weight is 295 g/mol. The standard InChI is InChI=1S/C19H21NO2/c1-4-14-20(15-5-2)16-6-8-18(9-7-16)22-19-12-10-17(21-3)11-13-19/h4-13H,1-2,14-15H2,3H3. The van der Waals surface area contributed by atoms with E-state index in [9.17, 15) is 0 Å². The first-order valence-electron chi connectivity index (χ1n) is 7.15. The zero-order chi connectivity index (χ0) is 15.8. The number of nitrogens with zero attached hydrogens (tertiary/aromatic N) is 1. The molecule has 114 valence electrons. The van der Waals surface area contributed by atoms with Crippen molar-refractivity contribution in [3.8, 4) is 17.2 Å². The third kappa shape index (κ3) is 4.16. The quantitative estimate of drug-likeness (QED) is 0.661. The van der Waals surface area contributed by atoms with Gasteiger partial charge in [-0.2, -0.15) is 0 Å². The summed E-state index contributed by atoms with van der Waals surface area (Å²) in [6.07, 6.45) is 3.76. The van der Waals surface area contributed by atoms with Crippen molar-refractivity contribution >= 4 is 5.69 Å². The topological polar surface area (TPSA) is 21.7 Å². The maximum Gasteiger partial charge on any atom is 0.127 e. The number of hydrogen-bond acceptors (Lipinski definition) is 3. The van der Waals surface area contributed by atoms with E-state index < -0.39 is 0 Å². The summed E-state index contributed by atoms with van der Waals surface area (Å²) in [5, 5.41) is 0. The summed E-state index contributed by atoms with van der Waals surface area (Å²) in [7, 11) is 1.65. The first kappa shape index (κ1) is 15.7. The van der Waals surface area contributed by atoms with Crippen LogP contribution in [0.5, 0.6) is 17.2 Å². The van der Waals surface area contributed by atoms with Crippen molar-refractivity contribution in [3.63, 3.8) is 0 Å². The van der Waals surface area contributed by atoms with Crippen LogP contribution >= 0.6 is 0 Å². The predicted octanol–water partition coefficient (Wildman–Crippen LogP) is 4.67. The van der Waals surface area contributed by atoms with Gasteiger partial charge in [-0.3, -0.25) is 0 Å². The second-order valence-electron chi connectivity index (χ2n) is 4.75. The fourth-order valence-corrected chi connectivity index (χ4v) is 2.10. The molecule has 22 heavy (non-hydrogen) atoms. The largest absolute Gasteiger partial charge is 0.497 e. The maximum absolute atomic E-state index is 5.82. The van der Waals surface area contributed by atoms with Crippen LogP contribution in [0.15, 0.2) is 73.8 Å². The van der Waals surface area contributed by atoms with Crippen molar-refractivity contribution in [1.82, 2.24) is 0 Å². The van der Waals surface area contributed by atoms with E-state index in [1.807, 2.05) is 60.7 Å². The summed E-state index contributed by atoms with van der Waals surface area (Å²) in [6.45, 7) is 9.13. The highest BCUT2D eigenvalue weighted by Gasteiger charge is 2.04. The van der Waals surface area contributed by atoms with Crippen LogP contribution in [0.2, 0.25) is 0 Å². The van der Waals surface area contributed by atoms with Crippen molar-refractivity contribution in [2.45, 2.75) is 0 Å². The Hall–Kier alpha value is -2.68. The molecule has 3 nitrogen and oxygen atoms in total. The van der Waals surface area contributed by atoms with Gasteiger partial charge in [0.2, 0.25) is 0 Å². The lowest BCUT2D eigenvalue weighted by Crippen LogP contribution is -2.22. The van der Waals surface area contributed by atoms with Crippen LogP contribution in [-0.2, 0) is 0 Å². The van der Waals surface area contributed by atoms with E-state index in [1.165, 1.54) is 0 Å². The monoisotopic (exact) mass is 295 g/mol. The molecule has 0 radical (unpaired) electrons. The fourth-order valence-electron chi connectivity index (χ4n) is 2.10. The third-order valence-electron chi connectivity index (χ3n) is 3.20. The van der Waals surface area contributed by atoms with Gasteiger partial charge in [0.1, 0.15) is 17.2 Å². The molecule has 0 aromatic heterocycles. The molecule has 2 aromatic carbocycles. The van der Waals surface area contributed by atoms with Gasteiger partial charge < -0.3 is 14.4 Å². The number of hydrogen-bond donors (Lipinski definition) is 0. The molecular weight excluding hydrogens is 274 g/mol. The Balaban J connectivity index is 2.06. The van der Waals surface area contributed by atoms with Gasteiger partial charge in [-0.25, -0.2) is 0 Å². The summed E-state index contributed by atoms with van der Waals surface area (Å²) >= 11 is 0. The Kier molecular flexibility index (Phi) is 5.66. The lowest BCUT2D eigenvalue weighted by molar-refractivity contribution is 0.413. The van der Waals surface area contributed by atoms with Gasteiger partial charge in [0.15, 0.2) is 0 Å². The van der Waals surface area contributed by atoms with E-state index in [0.717, 1.165) is 36.0 Å².